The summed E-state index contributed by atoms with van der Waals surface area (Å²) < 4.78 is 2.05. The van der Waals surface area contributed by atoms with Gasteiger partial charge in [0.2, 0.25) is 0 Å². The smallest absolute Gasteiger partial charge is 0.322 e. The van der Waals surface area contributed by atoms with Crippen molar-refractivity contribution in [3.05, 3.63) is 4.91 Å². The minimum Gasteiger partial charge on any atom is -0.480 e. The van der Waals surface area contributed by atoms with Crippen molar-refractivity contribution < 1.29 is 9.90 Å². The highest BCUT2D eigenvalue weighted by atomic mass is 32.2. The average Bonchev–Trinajstić information content (AvgIpc) is 2.60. The van der Waals surface area contributed by atoms with Gasteiger partial charge in [-0.3, -0.25) is 4.79 Å². The molecule has 0 amide bonds. The second-order valence-corrected chi connectivity index (χ2v) is 9.67. The van der Waals surface area contributed by atoms with Crippen LogP contribution in [-0.4, -0.2) is 27.9 Å². The highest BCUT2D eigenvalue weighted by Crippen LogP contribution is 2.29. The molecule has 0 aromatic heterocycles. The third kappa shape index (κ3) is 14.1. The minimum atomic E-state index is -0.933. The standard InChI is InChI=1S/C21H42N2O3S/c1-5-6-7-8-9-10-11-12-13-14-15-16-17-18(2)22-19(20(24)25)21(3,4)27-23-26/h18-19,22H,5-17H2,1-4H3,(H,24,25)/t18?,19-/m1/s1. The monoisotopic (exact) mass is 402 g/mol. The zero-order valence-corrected chi connectivity index (χ0v) is 18.8. The number of carbonyl (C=O) groups is 1. The molecular formula is C21H42N2O3S. The summed E-state index contributed by atoms with van der Waals surface area (Å²) in [6.45, 7) is 7.75. The molecule has 2 N–H and O–H groups in total. The Kier molecular flexibility index (Phi) is 16.0. The van der Waals surface area contributed by atoms with Crippen molar-refractivity contribution in [2.45, 2.75) is 128 Å². The van der Waals surface area contributed by atoms with Crippen LogP contribution in [0.25, 0.3) is 0 Å². The molecule has 0 aliphatic heterocycles. The third-order valence-corrected chi connectivity index (χ3v) is 5.94. The van der Waals surface area contributed by atoms with Crippen LogP contribution in [0.4, 0.5) is 0 Å². The first kappa shape index (κ1) is 26.4. The van der Waals surface area contributed by atoms with Crippen molar-refractivity contribution in [1.82, 2.24) is 5.32 Å². The highest BCUT2D eigenvalue weighted by Gasteiger charge is 2.37. The van der Waals surface area contributed by atoms with E-state index < -0.39 is 16.8 Å². The molecule has 5 nitrogen and oxygen atoms in total. The van der Waals surface area contributed by atoms with Gasteiger partial charge in [-0.05, 0) is 27.2 Å². The number of carboxylic acid groups (broad SMARTS) is 1. The first-order chi connectivity index (χ1) is 12.8. The molecule has 0 aliphatic rings. The van der Waals surface area contributed by atoms with Gasteiger partial charge in [-0.15, -0.1) is 4.91 Å². The lowest BCUT2D eigenvalue weighted by molar-refractivity contribution is -0.140. The van der Waals surface area contributed by atoms with Gasteiger partial charge in [0.1, 0.15) is 6.04 Å². The highest BCUT2D eigenvalue weighted by molar-refractivity contribution is 7.99. The number of nitrogens with one attached hydrogen (secondary N) is 1. The van der Waals surface area contributed by atoms with E-state index in [2.05, 4.69) is 16.8 Å². The van der Waals surface area contributed by atoms with Gasteiger partial charge in [-0.2, -0.15) is 0 Å². The summed E-state index contributed by atoms with van der Waals surface area (Å²) in [5, 5.41) is 12.6. The Morgan fingerprint density at radius 2 is 1.41 bits per heavy atom. The van der Waals surface area contributed by atoms with Gasteiger partial charge >= 0.3 is 5.97 Å². The Labute approximate surface area is 170 Å². The van der Waals surface area contributed by atoms with E-state index in [1.807, 2.05) is 6.92 Å². The molecule has 0 saturated heterocycles. The van der Waals surface area contributed by atoms with Crippen molar-refractivity contribution in [3.8, 4) is 0 Å². The number of hydrogen-bond donors (Lipinski definition) is 2. The molecule has 0 fully saturated rings. The molecule has 0 saturated carbocycles. The molecule has 0 aromatic rings. The topological polar surface area (TPSA) is 78.8 Å². The van der Waals surface area contributed by atoms with Crippen LogP contribution in [0.2, 0.25) is 0 Å². The molecule has 0 heterocycles. The predicted molar refractivity (Wildman–Crippen MR) is 117 cm³/mol. The van der Waals surface area contributed by atoms with Crippen molar-refractivity contribution in [1.29, 1.82) is 0 Å². The van der Waals surface area contributed by atoms with Crippen LogP contribution in [0, 0.1) is 4.91 Å². The molecule has 27 heavy (non-hydrogen) atoms. The average molecular weight is 403 g/mol. The minimum absolute atomic E-state index is 0.112. The van der Waals surface area contributed by atoms with Crippen LogP contribution in [-0.2, 0) is 4.79 Å². The van der Waals surface area contributed by atoms with Crippen molar-refractivity contribution >= 4 is 17.9 Å². The number of hydrogen-bond acceptors (Lipinski definition) is 5. The lowest BCUT2D eigenvalue weighted by atomic mass is 10.0. The van der Waals surface area contributed by atoms with Crippen LogP contribution in [0.3, 0.4) is 0 Å². The van der Waals surface area contributed by atoms with Gasteiger partial charge in [0.25, 0.3) is 0 Å². The first-order valence-corrected chi connectivity index (χ1v) is 11.6. The number of nitrogens with zero attached hydrogens (tertiary/aromatic N) is 1. The van der Waals surface area contributed by atoms with Gasteiger partial charge in [0.05, 0.1) is 4.75 Å². The molecular weight excluding hydrogens is 360 g/mol. The van der Waals surface area contributed by atoms with Crippen molar-refractivity contribution in [3.63, 3.8) is 0 Å². The fraction of sp³-hybridized carbons (Fsp3) is 0.952. The largest absolute Gasteiger partial charge is 0.480 e. The molecule has 2 atom stereocenters. The fourth-order valence-corrected chi connectivity index (χ4v) is 3.84. The summed E-state index contributed by atoms with van der Waals surface area (Å²) in [4.78, 5) is 22.0. The van der Waals surface area contributed by atoms with Gasteiger partial charge in [0, 0.05) is 22.6 Å². The van der Waals surface area contributed by atoms with Crippen LogP contribution >= 0.6 is 11.9 Å². The van der Waals surface area contributed by atoms with E-state index in [4.69, 9.17) is 0 Å². The number of rotatable bonds is 19. The SMILES string of the molecule is CCCCCCCCCCCCCCC(C)N[C@H](C(=O)O)C(C)(C)SN=O. The van der Waals surface area contributed by atoms with E-state index in [0.29, 0.717) is 0 Å². The molecule has 0 aromatic carbocycles. The fourth-order valence-electron chi connectivity index (χ4n) is 3.38. The molecule has 1 unspecified atom stereocenters. The second kappa shape index (κ2) is 16.3. The summed E-state index contributed by atoms with van der Waals surface area (Å²) in [7, 11) is 0. The summed E-state index contributed by atoms with van der Waals surface area (Å²) in [5.41, 5.74) is 0. The van der Waals surface area contributed by atoms with Crippen molar-refractivity contribution in [2.75, 3.05) is 0 Å². The number of carboxylic acids is 1. The maximum atomic E-state index is 11.5. The van der Waals surface area contributed by atoms with E-state index in [1.165, 1.54) is 70.6 Å². The van der Waals surface area contributed by atoms with Crippen LogP contribution in [0.15, 0.2) is 4.58 Å². The van der Waals surface area contributed by atoms with Crippen LogP contribution in [0.5, 0.6) is 0 Å². The number of nitroso groups, excluding NO2 is 1. The molecule has 0 rings (SSSR count). The third-order valence-electron chi connectivity index (χ3n) is 5.16. The van der Waals surface area contributed by atoms with Gasteiger partial charge in [-0.1, -0.05) is 84.0 Å². The summed E-state index contributed by atoms with van der Waals surface area (Å²) in [6.07, 6.45) is 16.8. The second-order valence-electron chi connectivity index (χ2n) is 8.29. The van der Waals surface area contributed by atoms with Crippen LogP contribution in [0.1, 0.15) is 111 Å². The lowest BCUT2D eigenvalue weighted by Crippen LogP contribution is -2.53. The Balaban J connectivity index is 3.74. The van der Waals surface area contributed by atoms with Gasteiger partial charge in [-0.25, -0.2) is 0 Å². The Morgan fingerprint density at radius 1 is 0.963 bits per heavy atom. The van der Waals surface area contributed by atoms with Gasteiger partial charge in [0.15, 0.2) is 0 Å². The summed E-state index contributed by atoms with van der Waals surface area (Å²) >= 11 is 0.785. The van der Waals surface area contributed by atoms with E-state index in [9.17, 15) is 14.8 Å². The van der Waals surface area contributed by atoms with E-state index in [1.54, 1.807) is 13.8 Å². The van der Waals surface area contributed by atoms with Crippen molar-refractivity contribution in [2.24, 2.45) is 4.58 Å². The Hall–Kier alpha value is -0.620. The zero-order chi connectivity index (χ0) is 20.5. The van der Waals surface area contributed by atoms with Crippen LogP contribution < -0.4 is 5.32 Å². The zero-order valence-electron chi connectivity index (χ0n) is 18.0. The Morgan fingerprint density at radius 3 is 1.81 bits per heavy atom. The molecule has 0 aliphatic carbocycles. The maximum Gasteiger partial charge on any atom is 0.322 e. The van der Waals surface area contributed by atoms with E-state index >= 15 is 0 Å². The quantitative estimate of drug-likeness (QED) is 0.143. The molecule has 0 spiro atoms. The predicted octanol–water partition coefficient (Wildman–Crippen LogP) is 6.70. The van der Waals surface area contributed by atoms with Gasteiger partial charge < -0.3 is 10.4 Å². The Bertz CT molecular complexity index is 392. The molecule has 160 valence electrons. The lowest BCUT2D eigenvalue weighted by Gasteiger charge is -2.30. The first-order valence-electron chi connectivity index (χ1n) is 10.8. The summed E-state index contributed by atoms with van der Waals surface area (Å²) in [5.74, 6) is -0.933. The molecule has 0 radical (unpaired) electrons. The number of aliphatic carboxylic acids is 1. The van der Waals surface area contributed by atoms with E-state index in [0.717, 1.165) is 24.8 Å². The molecule has 6 heteroatoms. The maximum absolute atomic E-state index is 11.5. The number of unbranched alkanes of at least 4 members (excludes halogenated alkanes) is 11. The summed E-state index contributed by atoms with van der Waals surface area (Å²) in [6, 6.07) is -0.673. The normalized spacial score (nSPS) is 14.1. The molecule has 0 bridgehead atoms. The van der Waals surface area contributed by atoms with E-state index in [-0.39, 0.29) is 6.04 Å².